The minimum atomic E-state index is -1.12. The zero-order valence-corrected chi connectivity index (χ0v) is 17.3. The lowest BCUT2D eigenvalue weighted by atomic mass is 9.87. The van der Waals surface area contributed by atoms with Crippen LogP contribution in [0.3, 0.4) is 0 Å². The van der Waals surface area contributed by atoms with Crippen molar-refractivity contribution in [3.05, 3.63) is 65.5 Å². The van der Waals surface area contributed by atoms with Gasteiger partial charge in [-0.05, 0) is 18.2 Å². The van der Waals surface area contributed by atoms with E-state index in [1.54, 1.807) is 16.7 Å². The van der Waals surface area contributed by atoms with Gasteiger partial charge in [0.15, 0.2) is 11.5 Å². The first-order valence-corrected chi connectivity index (χ1v) is 9.62. The third-order valence-electron chi connectivity index (χ3n) is 5.40. The molecule has 0 saturated heterocycles. The van der Waals surface area contributed by atoms with Crippen molar-refractivity contribution >= 4 is 17.6 Å². The van der Waals surface area contributed by atoms with Gasteiger partial charge in [0.05, 0.1) is 32.7 Å². The van der Waals surface area contributed by atoms with Crippen molar-refractivity contribution in [3.63, 3.8) is 0 Å². The summed E-state index contributed by atoms with van der Waals surface area (Å²) in [6.07, 6.45) is 1.66. The molecular weight excluding hydrogens is 400 g/mol. The van der Waals surface area contributed by atoms with Crippen LogP contribution in [0, 0.1) is 0 Å². The number of carbonyl (C=O) groups is 2. The molecule has 8 heteroatoms. The summed E-state index contributed by atoms with van der Waals surface area (Å²) in [4.78, 5) is 24.5. The molecule has 0 bridgehead atoms. The molecule has 160 valence electrons. The number of carboxylic acids is 1. The summed E-state index contributed by atoms with van der Waals surface area (Å²) in [5, 5.41) is 12.5. The summed E-state index contributed by atoms with van der Waals surface area (Å²) in [5.74, 6) is -0.364. The minimum Gasteiger partial charge on any atom is -0.496 e. The van der Waals surface area contributed by atoms with E-state index >= 15 is 0 Å². The molecule has 1 aromatic heterocycles. The van der Waals surface area contributed by atoms with Gasteiger partial charge in [-0.3, -0.25) is 4.79 Å². The van der Waals surface area contributed by atoms with Crippen molar-refractivity contribution in [2.45, 2.75) is 12.3 Å². The van der Waals surface area contributed by atoms with Crippen molar-refractivity contribution in [1.82, 2.24) is 4.57 Å². The average molecular weight is 422 g/mol. The lowest BCUT2D eigenvalue weighted by Crippen LogP contribution is -2.25. The molecule has 1 aliphatic heterocycles. The van der Waals surface area contributed by atoms with E-state index in [1.165, 1.54) is 27.5 Å². The van der Waals surface area contributed by atoms with E-state index in [1.807, 2.05) is 30.3 Å². The second-order valence-electron chi connectivity index (χ2n) is 7.07. The predicted molar refractivity (Wildman–Crippen MR) is 114 cm³/mol. The minimum absolute atomic E-state index is 0.0244. The van der Waals surface area contributed by atoms with Crippen LogP contribution in [0.1, 0.15) is 34.0 Å². The molecule has 3 aromatic rings. The maximum Gasteiger partial charge on any atom is 0.339 e. The number of fused-ring (bicyclic) bond motifs is 1. The van der Waals surface area contributed by atoms with Crippen LogP contribution in [0.25, 0.3) is 5.69 Å². The van der Waals surface area contributed by atoms with Crippen LogP contribution in [0.4, 0.5) is 5.69 Å². The number of anilines is 1. The Balaban J connectivity index is 2.00. The fourth-order valence-electron chi connectivity index (χ4n) is 4.01. The number of carbonyl (C=O) groups excluding carboxylic acids is 1. The highest BCUT2D eigenvalue weighted by Gasteiger charge is 2.36. The number of methoxy groups -OCH3 is 3. The summed E-state index contributed by atoms with van der Waals surface area (Å²) < 4.78 is 18.2. The summed E-state index contributed by atoms with van der Waals surface area (Å²) >= 11 is 0. The fourth-order valence-corrected chi connectivity index (χ4v) is 4.01. The average Bonchev–Trinajstić information content (AvgIpc) is 3.17. The van der Waals surface area contributed by atoms with Gasteiger partial charge in [-0.15, -0.1) is 0 Å². The molecular formula is C23H22N2O6. The molecule has 0 aliphatic carbocycles. The third kappa shape index (κ3) is 3.46. The Bertz CT molecular complexity index is 1150. The van der Waals surface area contributed by atoms with Gasteiger partial charge in [0, 0.05) is 35.9 Å². The van der Waals surface area contributed by atoms with E-state index in [9.17, 15) is 14.7 Å². The fraction of sp³-hybridized carbons (Fsp3) is 0.217. The first kappa shape index (κ1) is 20.3. The van der Waals surface area contributed by atoms with Gasteiger partial charge in [0.25, 0.3) is 0 Å². The predicted octanol–water partition coefficient (Wildman–Crippen LogP) is 3.68. The summed E-state index contributed by atoms with van der Waals surface area (Å²) in [6.45, 7) is 0. The van der Waals surface area contributed by atoms with Crippen LogP contribution in [0.15, 0.2) is 48.7 Å². The number of hydrogen-bond donors (Lipinski definition) is 2. The smallest absolute Gasteiger partial charge is 0.339 e. The molecule has 0 fully saturated rings. The maximum atomic E-state index is 12.6. The zero-order valence-electron chi connectivity index (χ0n) is 17.3. The Morgan fingerprint density at radius 2 is 1.68 bits per heavy atom. The molecule has 1 aliphatic rings. The summed E-state index contributed by atoms with van der Waals surface area (Å²) in [6, 6.07) is 12.9. The first-order valence-electron chi connectivity index (χ1n) is 9.62. The molecule has 0 saturated carbocycles. The standard InChI is InChI=1S/C23H22N2O6/c1-29-17-11-19(31-3)18(30-2)9-14(17)15-10-20(26)24-21-16(23(27)28)12-25(22(15)21)13-7-5-4-6-8-13/h4-9,11-12,15H,10H2,1-3H3,(H,24,26)(H,27,28)/t15-/m0/s1. The molecule has 1 atom stereocenters. The van der Waals surface area contributed by atoms with E-state index in [-0.39, 0.29) is 23.6 Å². The van der Waals surface area contributed by atoms with Gasteiger partial charge in [-0.25, -0.2) is 4.79 Å². The van der Waals surface area contributed by atoms with E-state index in [0.29, 0.717) is 28.5 Å². The maximum absolute atomic E-state index is 12.6. The number of aromatic nitrogens is 1. The zero-order chi connectivity index (χ0) is 22.1. The number of benzene rings is 2. The molecule has 4 rings (SSSR count). The third-order valence-corrected chi connectivity index (χ3v) is 5.40. The lowest BCUT2D eigenvalue weighted by molar-refractivity contribution is -0.116. The number of rotatable bonds is 6. The van der Waals surface area contributed by atoms with Crippen molar-refractivity contribution in [3.8, 4) is 22.9 Å². The molecule has 8 nitrogen and oxygen atoms in total. The highest BCUT2D eigenvalue weighted by Crippen LogP contribution is 2.47. The van der Waals surface area contributed by atoms with Crippen molar-refractivity contribution in [1.29, 1.82) is 0 Å². The Morgan fingerprint density at radius 1 is 1.03 bits per heavy atom. The molecule has 31 heavy (non-hydrogen) atoms. The number of amides is 1. The Morgan fingerprint density at radius 3 is 2.29 bits per heavy atom. The number of carboxylic acid groups (broad SMARTS) is 1. The molecule has 2 N–H and O–H groups in total. The number of hydrogen-bond acceptors (Lipinski definition) is 5. The van der Waals surface area contributed by atoms with Gasteiger partial charge >= 0.3 is 5.97 Å². The van der Waals surface area contributed by atoms with Crippen LogP contribution >= 0.6 is 0 Å². The highest BCUT2D eigenvalue weighted by molar-refractivity contribution is 6.04. The molecule has 2 heterocycles. The second-order valence-corrected chi connectivity index (χ2v) is 7.07. The van der Waals surface area contributed by atoms with Crippen LogP contribution in [0.2, 0.25) is 0 Å². The van der Waals surface area contributed by atoms with Crippen LogP contribution in [0.5, 0.6) is 17.2 Å². The number of ether oxygens (including phenoxy) is 3. The van der Waals surface area contributed by atoms with E-state index in [4.69, 9.17) is 14.2 Å². The molecule has 2 aromatic carbocycles. The van der Waals surface area contributed by atoms with Crippen molar-refractivity contribution in [2.24, 2.45) is 0 Å². The largest absolute Gasteiger partial charge is 0.496 e. The van der Waals surface area contributed by atoms with E-state index in [2.05, 4.69) is 5.32 Å². The Hall–Kier alpha value is -3.94. The highest BCUT2D eigenvalue weighted by atomic mass is 16.5. The molecule has 0 radical (unpaired) electrons. The SMILES string of the molecule is COc1cc(OC)c([C@@H]2CC(=O)Nc3c(C(=O)O)cn(-c4ccccc4)c32)cc1OC. The number of aromatic carboxylic acids is 1. The molecule has 0 unspecified atom stereocenters. The summed E-state index contributed by atoms with van der Waals surface area (Å²) in [5.41, 5.74) is 2.45. The van der Waals surface area contributed by atoms with Crippen LogP contribution in [-0.2, 0) is 4.79 Å². The van der Waals surface area contributed by atoms with Gasteiger partial charge in [0.2, 0.25) is 5.91 Å². The lowest BCUT2D eigenvalue weighted by Gasteiger charge is -2.28. The van der Waals surface area contributed by atoms with Crippen LogP contribution < -0.4 is 19.5 Å². The van der Waals surface area contributed by atoms with E-state index in [0.717, 1.165) is 5.69 Å². The monoisotopic (exact) mass is 422 g/mol. The van der Waals surface area contributed by atoms with Crippen LogP contribution in [-0.4, -0.2) is 42.9 Å². The molecule has 0 spiro atoms. The quantitative estimate of drug-likeness (QED) is 0.629. The number of nitrogens with zero attached hydrogens (tertiary/aromatic N) is 1. The number of nitrogens with one attached hydrogen (secondary N) is 1. The van der Waals surface area contributed by atoms with Crippen molar-refractivity contribution < 1.29 is 28.9 Å². The topological polar surface area (TPSA) is 99.0 Å². The summed E-state index contributed by atoms with van der Waals surface area (Å²) in [7, 11) is 4.60. The van der Waals surface area contributed by atoms with Crippen molar-refractivity contribution in [2.75, 3.05) is 26.6 Å². The second kappa shape index (κ2) is 8.06. The van der Waals surface area contributed by atoms with Gasteiger partial charge in [-0.1, -0.05) is 18.2 Å². The van der Waals surface area contributed by atoms with Gasteiger partial charge in [0.1, 0.15) is 11.3 Å². The Kier molecular flexibility index (Phi) is 5.29. The van der Waals surface area contributed by atoms with Gasteiger partial charge < -0.3 is 29.2 Å². The number of para-hydroxylation sites is 1. The first-order chi connectivity index (χ1) is 15.0. The Labute approximate surface area is 179 Å². The van der Waals surface area contributed by atoms with E-state index < -0.39 is 11.9 Å². The normalized spacial score (nSPS) is 15.1. The molecule has 1 amide bonds. The van der Waals surface area contributed by atoms with Gasteiger partial charge in [-0.2, -0.15) is 0 Å².